The molecule has 0 aliphatic heterocycles. The van der Waals surface area contributed by atoms with Crippen molar-refractivity contribution in [3.05, 3.63) is 33.4 Å². The highest BCUT2D eigenvalue weighted by Crippen LogP contribution is 2.31. The molecular weight excluding hydrogens is 256 g/mol. The van der Waals surface area contributed by atoms with Gasteiger partial charge < -0.3 is 5.73 Å². The first kappa shape index (κ1) is 17.3. The molecule has 0 aliphatic rings. The van der Waals surface area contributed by atoms with Crippen LogP contribution < -0.4 is 5.73 Å². The summed E-state index contributed by atoms with van der Waals surface area (Å²) in [5.74, 6) is 0. The van der Waals surface area contributed by atoms with E-state index >= 15 is 0 Å². The zero-order valence-electron chi connectivity index (χ0n) is 11.6. The normalized spacial score (nSPS) is 12.5. The molecule has 2 N–H and O–H groups in total. The molecule has 0 aromatic heterocycles. The Morgan fingerprint density at radius 3 is 1.50 bits per heavy atom. The summed E-state index contributed by atoms with van der Waals surface area (Å²) in [5, 5.41) is 0. The smallest absolute Gasteiger partial charge is 0.240 e. The Balaban J connectivity index is 0.00000289. The number of hydrogen-bond donors (Lipinski definition) is 1. The van der Waals surface area contributed by atoms with E-state index in [0.717, 1.165) is 27.8 Å². The summed E-state index contributed by atoms with van der Waals surface area (Å²) < 4.78 is 24.9. The first-order chi connectivity index (χ1) is 7.77. The van der Waals surface area contributed by atoms with Crippen LogP contribution >= 0.6 is 12.4 Å². The maximum atomic E-state index is 12.4. The van der Waals surface area contributed by atoms with Crippen LogP contribution in [-0.2, 0) is 0 Å². The van der Waals surface area contributed by atoms with Gasteiger partial charge in [0.2, 0.25) is 6.43 Å². The lowest BCUT2D eigenvalue weighted by Gasteiger charge is -2.23. The van der Waals surface area contributed by atoms with Crippen molar-refractivity contribution in [2.24, 2.45) is 5.73 Å². The van der Waals surface area contributed by atoms with Crippen LogP contribution in [0.4, 0.5) is 8.78 Å². The maximum Gasteiger partial charge on any atom is 0.240 e. The fraction of sp³-hybridized carbons (Fsp3) is 0.571. The number of benzene rings is 1. The molecule has 0 unspecified atom stereocenters. The molecule has 104 valence electrons. The average Bonchev–Trinajstić information content (AvgIpc) is 2.23. The van der Waals surface area contributed by atoms with Crippen molar-refractivity contribution in [1.82, 2.24) is 0 Å². The van der Waals surface area contributed by atoms with E-state index in [1.807, 2.05) is 27.7 Å². The molecule has 0 amide bonds. The summed E-state index contributed by atoms with van der Waals surface area (Å²) in [6.07, 6.45) is -2.63. The average molecular weight is 278 g/mol. The van der Waals surface area contributed by atoms with Crippen molar-refractivity contribution in [2.75, 3.05) is 0 Å². The number of rotatable bonds is 3. The van der Waals surface area contributed by atoms with Gasteiger partial charge in [-0.15, -0.1) is 12.4 Å². The molecule has 18 heavy (non-hydrogen) atoms. The van der Waals surface area contributed by atoms with E-state index in [1.54, 1.807) is 0 Å². The van der Waals surface area contributed by atoms with Crippen molar-refractivity contribution in [2.45, 2.75) is 53.5 Å². The Bertz CT molecular complexity index is 401. The Morgan fingerprint density at radius 1 is 0.833 bits per heavy atom. The second-order valence-corrected chi connectivity index (χ2v) is 4.77. The molecule has 1 aromatic carbocycles. The van der Waals surface area contributed by atoms with Crippen LogP contribution in [0.25, 0.3) is 0 Å². The van der Waals surface area contributed by atoms with Gasteiger partial charge in [-0.3, -0.25) is 0 Å². The minimum absolute atomic E-state index is 0. The van der Waals surface area contributed by atoms with E-state index in [4.69, 9.17) is 5.73 Å². The van der Waals surface area contributed by atoms with Crippen LogP contribution in [0.5, 0.6) is 0 Å². The molecular formula is C14H22ClF2N. The second kappa shape index (κ2) is 6.48. The molecule has 0 saturated heterocycles. The lowest BCUT2D eigenvalue weighted by Crippen LogP contribution is -2.18. The van der Waals surface area contributed by atoms with E-state index in [1.165, 1.54) is 5.56 Å². The topological polar surface area (TPSA) is 26.0 Å². The van der Waals surface area contributed by atoms with E-state index in [-0.39, 0.29) is 18.8 Å². The first-order valence-corrected chi connectivity index (χ1v) is 5.87. The van der Waals surface area contributed by atoms with Crippen molar-refractivity contribution >= 4 is 12.4 Å². The van der Waals surface area contributed by atoms with Gasteiger partial charge >= 0.3 is 0 Å². The van der Waals surface area contributed by atoms with Gasteiger partial charge in [0.15, 0.2) is 0 Å². The predicted molar refractivity (Wildman–Crippen MR) is 74.9 cm³/mol. The third-order valence-corrected chi connectivity index (χ3v) is 3.86. The van der Waals surface area contributed by atoms with Crippen LogP contribution in [0.3, 0.4) is 0 Å². The SMILES string of the molecule is Cc1c(C)c(C)c([C@H](N)CC(F)F)c(C)c1C.Cl. The molecule has 1 rings (SSSR count). The van der Waals surface area contributed by atoms with Gasteiger partial charge in [-0.25, -0.2) is 8.78 Å². The van der Waals surface area contributed by atoms with Crippen LogP contribution in [0.15, 0.2) is 0 Å². The van der Waals surface area contributed by atoms with Gasteiger partial charge in [0.25, 0.3) is 0 Å². The molecule has 4 heteroatoms. The number of halogens is 3. The Labute approximate surface area is 114 Å². The van der Waals surface area contributed by atoms with Gasteiger partial charge in [0.1, 0.15) is 0 Å². The molecule has 1 nitrogen and oxygen atoms in total. The van der Waals surface area contributed by atoms with Gasteiger partial charge in [-0.1, -0.05) is 0 Å². The molecule has 0 saturated carbocycles. The highest BCUT2D eigenvalue weighted by atomic mass is 35.5. The molecule has 0 aliphatic carbocycles. The Morgan fingerprint density at radius 2 is 1.17 bits per heavy atom. The first-order valence-electron chi connectivity index (χ1n) is 5.87. The fourth-order valence-corrected chi connectivity index (χ4v) is 2.39. The lowest BCUT2D eigenvalue weighted by molar-refractivity contribution is 0.128. The quantitative estimate of drug-likeness (QED) is 0.875. The summed E-state index contributed by atoms with van der Waals surface area (Å²) in [5.41, 5.74) is 12.5. The standard InChI is InChI=1S/C14H21F2N.ClH/c1-7-8(2)10(4)14(11(5)9(7)3)12(17)6-13(15)16;/h12-13H,6,17H2,1-5H3;1H/t12-;/m1./s1. The predicted octanol–water partition coefficient (Wildman–Crippen LogP) is 4.31. The van der Waals surface area contributed by atoms with E-state index in [9.17, 15) is 8.78 Å². The molecule has 0 radical (unpaired) electrons. The van der Waals surface area contributed by atoms with E-state index < -0.39 is 12.5 Å². The number of alkyl halides is 2. The fourth-order valence-electron chi connectivity index (χ4n) is 2.39. The van der Waals surface area contributed by atoms with Gasteiger partial charge in [-0.05, 0) is 68.0 Å². The highest BCUT2D eigenvalue weighted by Gasteiger charge is 2.20. The van der Waals surface area contributed by atoms with Crippen molar-refractivity contribution < 1.29 is 8.78 Å². The summed E-state index contributed by atoms with van der Waals surface area (Å²) in [6.45, 7) is 10.0. The molecule has 0 bridgehead atoms. The summed E-state index contributed by atoms with van der Waals surface area (Å²) in [4.78, 5) is 0. The van der Waals surface area contributed by atoms with E-state index in [0.29, 0.717) is 0 Å². The van der Waals surface area contributed by atoms with Crippen LogP contribution in [0, 0.1) is 34.6 Å². The monoisotopic (exact) mass is 277 g/mol. The zero-order valence-corrected chi connectivity index (χ0v) is 12.4. The van der Waals surface area contributed by atoms with Gasteiger partial charge in [0.05, 0.1) is 0 Å². The lowest BCUT2D eigenvalue weighted by atomic mass is 9.86. The molecule has 0 fully saturated rings. The largest absolute Gasteiger partial charge is 0.324 e. The van der Waals surface area contributed by atoms with Gasteiger partial charge in [0, 0.05) is 12.5 Å². The van der Waals surface area contributed by atoms with Crippen molar-refractivity contribution in [3.8, 4) is 0 Å². The highest BCUT2D eigenvalue weighted by molar-refractivity contribution is 5.85. The molecule has 0 spiro atoms. The van der Waals surface area contributed by atoms with Crippen LogP contribution in [-0.4, -0.2) is 6.43 Å². The van der Waals surface area contributed by atoms with E-state index in [2.05, 4.69) is 6.92 Å². The molecule has 0 heterocycles. The van der Waals surface area contributed by atoms with Crippen molar-refractivity contribution in [1.29, 1.82) is 0 Å². The zero-order chi connectivity index (χ0) is 13.3. The Kier molecular flexibility index (Phi) is 6.24. The molecule has 1 atom stereocenters. The minimum atomic E-state index is -2.36. The van der Waals surface area contributed by atoms with Gasteiger partial charge in [-0.2, -0.15) is 0 Å². The number of nitrogens with two attached hydrogens (primary N) is 1. The third kappa shape index (κ3) is 3.21. The van der Waals surface area contributed by atoms with Crippen LogP contribution in [0.1, 0.15) is 45.8 Å². The maximum absolute atomic E-state index is 12.4. The van der Waals surface area contributed by atoms with Crippen molar-refractivity contribution in [3.63, 3.8) is 0 Å². The summed E-state index contributed by atoms with van der Waals surface area (Å²) in [7, 11) is 0. The summed E-state index contributed by atoms with van der Waals surface area (Å²) >= 11 is 0. The Hall–Kier alpha value is -0.670. The molecule has 1 aromatic rings. The third-order valence-electron chi connectivity index (χ3n) is 3.86. The number of hydrogen-bond acceptors (Lipinski definition) is 1. The second-order valence-electron chi connectivity index (χ2n) is 4.77. The minimum Gasteiger partial charge on any atom is -0.324 e. The summed E-state index contributed by atoms with van der Waals surface area (Å²) in [6, 6.07) is -0.576. The van der Waals surface area contributed by atoms with Crippen LogP contribution in [0.2, 0.25) is 0 Å².